The van der Waals surface area contributed by atoms with Crippen LogP contribution in [-0.4, -0.2) is 13.7 Å². The molecular weight excluding hydrogens is 254 g/mol. The zero-order valence-corrected chi connectivity index (χ0v) is 10.5. The fourth-order valence-electron chi connectivity index (χ4n) is 1.27. The smallest absolute Gasteiger partial charge is 0.0732 e. The van der Waals surface area contributed by atoms with Gasteiger partial charge in [-0.2, -0.15) is 0 Å². The molecule has 0 radical (unpaired) electrons. The second kappa shape index (κ2) is 6.77. The molecule has 1 aromatic rings. The molecular formula is C12H16BrNO. The predicted molar refractivity (Wildman–Crippen MR) is 66.8 cm³/mol. The van der Waals surface area contributed by atoms with E-state index in [0.29, 0.717) is 13.2 Å². The van der Waals surface area contributed by atoms with Crippen LogP contribution in [0.25, 0.3) is 0 Å². The first kappa shape index (κ1) is 12.4. The molecule has 0 bridgehead atoms. The summed E-state index contributed by atoms with van der Waals surface area (Å²) in [6.45, 7) is 5.69. The zero-order valence-electron chi connectivity index (χ0n) is 8.92. The van der Waals surface area contributed by atoms with Crippen molar-refractivity contribution in [2.75, 3.05) is 13.7 Å². The van der Waals surface area contributed by atoms with Crippen molar-refractivity contribution in [1.82, 2.24) is 5.32 Å². The fourth-order valence-corrected chi connectivity index (χ4v) is 1.81. The third kappa shape index (κ3) is 4.16. The molecule has 0 heterocycles. The summed E-state index contributed by atoms with van der Waals surface area (Å²) in [4.78, 5) is 0. The number of rotatable bonds is 6. The van der Waals surface area contributed by atoms with E-state index < -0.39 is 0 Å². The molecule has 0 aliphatic heterocycles. The van der Waals surface area contributed by atoms with E-state index in [9.17, 15) is 0 Å². The molecule has 0 atom stereocenters. The van der Waals surface area contributed by atoms with Crippen molar-refractivity contribution in [2.24, 2.45) is 0 Å². The molecule has 0 saturated heterocycles. The molecule has 0 aliphatic rings. The number of nitrogens with one attached hydrogen (secondary N) is 1. The monoisotopic (exact) mass is 269 g/mol. The van der Waals surface area contributed by atoms with Crippen LogP contribution in [0.5, 0.6) is 0 Å². The van der Waals surface area contributed by atoms with Gasteiger partial charge in [0.2, 0.25) is 0 Å². The number of halogens is 1. The van der Waals surface area contributed by atoms with E-state index in [1.807, 2.05) is 7.05 Å². The quantitative estimate of drug-likeness (QED) is 0.634. The highest BCUT2D eigenvalue weighted by atomic mass is 79.9. The van der Waals surface area contributed by atoms with Gasteiger partial charge in [-0.25, -0.2) is 0 Å². The highest BCUT2D eigenvalue weighted by Crippen LogP contribution is 2.19. The maximum absolute atomic E-state index is 5.39. The third-order valence-electron chi connectivity index (χ3n) is 1.99. The Labute approximate surface area is 99.5 Å². The first-order chi connectivity index (χ1) is 7.27. The van der Waals surface area contributed by atoms with Crippen LogP contribution >= 0.6 is 15.9 Å². The molecule has 1 N–H and O–H groups in total. The van der Waals surface area contributed by atoms with Gasteiger partial charge in [-0.15, -0.1) is 6.58 Å². The minimum atomic E-state index is 0.588. The Morgan fingerprint density at radius 3 is 2.93 bits per heavy atom. The van der Waals surface area contributed by atoms with E-state index in [4.69, 9.17) is 4.74 Å². The van der Waals surface area contributed by atoms with E-state index in [1.54, 1.807) is 6.08 Å². The van der Waals surface area contributed by atoms with E-state index in [0.717, 1.165) is 16.6 Å². The molecule has 0 aliphatic carbocycles. The van der Waals surface area contributed by atoms with Crippen LogP contribution in [0.4, 0.5) is 0 Å². The van der Waals surface area contributed by atoms with Crippen molar-refractivity contribution >= 4 is 15.9 Å². The van der Waals surface area contributed by atoms with Gasteiger partial charge in [0.1, 0.15) is 0 Å². The van der Waals surface area contributed by atoms with Crippen molar-refractivity contribution in [3.8, 4) is 0 Å². The lowest BCUT2D eigenvalue weighted by molar-refractivity contribution is 0.148. The molecule has 0 spiro atoms. The van der Waals surface area contributed by atoms with E-state index in [-0.39, 0.29) is 0 Å². The third-order valence-corrected chi connectivity index (χ3v) is 2.73. The van der Waals surface area contributed by atoms with Crippen LogP contribution in [0, 0.1) is 0 Å². The van der Waals surface area contributed by atoms with Gasteiger partial charge in [-0.3, -0.25) is 0 Å². The largest absolute Gasteiger partial charge is 0.373 e. The average molecular weight is 270 g/mol. The number of hydrogen-bond donors (Lipinski definition) is 1. The lowest BCUT2D eigenvalue weighted by atomic mass is 10.1. The van der Waals surface area contributed by atoms with Crippen molar-refractivity contribution in [3.05, 3.63) is 46.5 Å². The van der Waals surface area contributed by atoms with Gasteiger partial charge in [0, 0.05) is 11.0 Å². The molecule has 0 fully saturated rings. The van der Waals surface area contributed by atoms with Crippen molar-refractivity contribution in [1.29, 1.82) is 0 Å². The van der Waals surface area contributed by atoms with Gasteiger partial charge in [0.05, 0.1) is 13.2 Å². The van der Waals surface area contributed by atoms with E-state index >= 15 is 0 Å². The Bertz CT molecular complexity index is 325. The highest BCUT2D eigenvalue weighted by Gasteiger charge is 2.00. The lowest BCUT2D eigenvalue weighted by Gasteiger charge is -2.07. The fraction of sp³-hybridized carbons (Fsp3) is 0.333. The zero-order chi connectivity index (χ0) is 11.1. The maximum atomic E-state index is 5.39. The number of hydrogen-bond acceptors (Lipinski definition) is 2. The first-order valence-corrected chi connectivity index (χ1v) is 5.67. The SMILES string of the molecule is C=CCOCc1ccc(CNC)cc1Br. The van der Waals surface area contributed by atoms with Crippen LogP contribution in [0.15, 0.2) is 35.3 Å². The summed E-state index contributed by atoms with van der Waals surface area (Å²) >= 11 is 3.54. The van der Waals surface area contributed by atoms with E-state index in [2.05, 4.69) is 46.0 Å². The topological polar surface area (TPSA) is 21.3 Å². The van der Waals surface area contributed by atoms with Crippen molar-refractivity contribution in [3.63, 3.8) is 0 Å². The van der Waals surface area contributed by atoms with Crippen LogP contribution in [-0.2, 0) is 17.9 Å². The molecule has 2 nitrogen and oxygen atoms in total. The minimum Gasteiger partial charge on any atom is -0.373 e. The van der Waals surface area contributed by atoms with Gasteiger partial charge >= 0.3 is 0 Å². The maximum Gasteiger partial charge on any atom is 0.0732 e. The standard InChI is InChI=1S/C12H16BrNO/c1-3-6-15-9-11-5-4-10(8-14-2)7-12(11)13/h3-5,7,14H,1,6,8-9H2,2H3. The molecule has 3 heteroatoms. The van der Waals surface area contributed by atoms with Crippen LogP contribution in [0.2, 0.25) is 0 Å². The van der Waals surface area contributed by atoms with Gasteiger partial charge < -0.3 is 10.1 Å². The summed E-state index contributed by atoms with van der Waals surface area (Å²) in [5.74, 6) is 0. The summed E-state index contributed by atoms with van der Waals surface area (Å²) in [6.07, 6.45) is 1.75. The molecule has 0 amide bonds. The highest BCUT2D eigenvalue weighted by molar-refractivity contribution is 9.10. The van der Waals surface area contributed by atoms with Gasteiger partial charge in [-0.1, -0.05) is 34.1 Å². The number of benzene rings is 1. The average Bonchev–Trinajstić information content (AvgIpc) is 2.22. The molecule has 82 valence electrons. The van der Waals surface area contributed by atoms with Crippen LogP contribution < -0.4 is 5.32 Å². The second-order valence-electron chi connectivity index (χ2n) is 3.26. The molecule has 15 heavy (non-hydrogen) atoms. The summed E-state index contributed by atoms with van der Waals surface area (Å²) in [6, 6.07) is 6.30. The van der Waals surface area contributed by atoms with Gasteiger partial charge in [0.25, 0.3) is 0 Å². The predicted octanol–water partition coefficient (Wildman–Crippen LogP) is 2.87. The Kier molecular flexibility index (Phi) is 5.61. The molecule has 1 rings (SSSR count). The summed E-state index contributed by atoms with van der Waals surface area (Å²) < 4.78 is 6.48. The van der Waals surface area contributed by atoms with Crippen LogP contribution in [0.1, 0.15) is 11.1 Å². The summed E-state index contributed by atoms with van der Waals surface area (Å²) in [5.41, 5.74) is 2.42. The number of ether oxygens (including phenoxy) is 1. The first-order valence-electron chi connectivity index (χ1n) is 4.88. The molecule has 0 saturated carbocycles. The van der Waals surface area contributed by atoms with E-state index in [1.165, 1.54) is 5.56 Å². The molecule has 1 aromatic carbocycles. The summed E-state index contributed by atoms with van der Waals surface area (Å²) in [7, 11) is 1.94. The normalized spacial score (nSPS) is 10.3. The molecule has 0 aromatic heterocycles. The minimum absolute atomic E-state index is 0.588. The molecule has 0 unspecified atom stereocenters. The van der Waals surface area contributed by atoms with Gasteiger partial charge in [0.15, 0.2) is 0 Å². The van der Waals surface area contributed by atoms with Gasteiger partial charge in [-0.05, 0) is 24.2 Å². The second-order valence-corrected chi connectivity index (χ2v) is 4.11. The lowest BCUT2D eigenvalue weighted by Crippen LogP contribution is -2.05. The Hall–Kier alpha value is -0.640. The Morgan fingerprint density at radius 1 is 1.53 bits per heavy atom. The summed E-state index contributed by atoms with van der Waals surface area (Å²) in [5, 5.41) is 3.12. The Morgan fingerprint density at radius 2 is 2.33 bits per heavy atom. The van der Waals surface area contributed by atoms with Crippen molar-refractivity contribution in [2.45, 2.75) is 13.2 Å². The van der Waals surface area contributed by atoms with Crippen LogP contribution in [0.3, 0.4) is 0 Å². The van der Waals surface area contributed by atoms with Crippen molar-refractivity contribution < 1.29 is 4.74 Å². The Balaban J connectivity index is 2.61.